The van der Waals surface area contributed by atoms with Gasteiger partial charge in [0.05, 0.1) is 45.8 Å². The van der Waals surface area contributed by atoms with Crippen LogP contribution in [0.5, 0.6) is 0 Å². The number of fused-ring (bicyclic) bond motifs is 1. The fourth-order valence-corrected chi connectivity index (χ4v) is 5.79. The lowest BCUT2D eigenvalue weighted by atomic mass is 10.0. The number of alkyl halides is 3. The molecule has 1 fully saturated rings. The normalized spacial score (nSPS) is 15.1. The van der Waals surface area contributed by atoms with Gasteiger partial charge in [-0.15, -0.1) is 0 Å². The average Bonchev–Trinajstić information content (AvgIpc) is 2.95. The number of benzene rings is 1. The Kier molecular flexibility index (Phi) is 8.04. The van der Waals surface area contributed by atoms with E-state index in [1.54, 1.807) is 4.90 Å². The highest BCUT2D eigenvalue weighted by atomic mass is 32.2. The van der Waals surface area contributed by atoms with Crippen LogP contribution in [0.1, 0.15) is 44.0 Å². The SMILES string of the molecule is Cc1nc2cnc(N)c(C#Cc3cncc(C(=O)Nc4ccc(CN5CCS(=O)(=O)CC5)c(C(F)(F)F)c4)c3)c2nc1C. The van der Waals surface area contributed by atoms with Gasteiger partial charge >= 0.3 is 6.18 Å². The number of aryl methyl sites for hydroxylation is 2. The number of amides is 1. The van der Waals surface area contributed by atoms with Crippen LogP contribution in [0.15, 0.2) is 42.9 Å². The van der Waals surface area contributed by atoms with E-state index in [1.165, 1.54) is 36.8 Å². The molecule has 5 rings (SSSR count). The minimum absolute atomic E-state index is 0.0130. The number of nitrogens with two attached hydrogens (primary N) is 1. The molecule has 4 aromatic rings. The van der Waals surface area contributed by atoms with Gasteiger partial charge in [-0.1, -0.05) is 17.9 Å². The summed E-state index contributed by atoms with van der Waals surface area (Å²) in [5, 5.41) is 2.49. The fourth-order valence-electron chi connectivity index (χ4n) is 4.51. The molecule has 10 nitrogen and oxygen atoms in total. The minimum atomic E-state index is -4.69. The zero-order valence-electron chi connectivity index (χ0n) is 23.2. The second kappa shape index (κ2) is 11.6. The molecule has 1 saturated heterocycles. The number of pyridine rings is 2. The van der Waals surface area contributed by atoms with Gasteiger partial charge in [0.25, 0.3) is 5.91 Å². The van der Waals surface area contributed by atoms with Gasteiger partial charge in [0.1, 0.15) is 16.9 Å². The molecule has 1 amide bonds. The smallest absolute Gasteiger partial charge is 0.383 e. The van der Waals surface area contributed by atoms with E-state index >= 15 is 0 Å². The summed E-state index contributed by atoms with van der Waals surface area (Å²) in [6, 6.07) is 4.98. The van der Waals surface area contributed by atoms with Crippen molar-refractivity contribution in [2.75, 3.05) is 35.6 Å². The number of nitrogens with one attached hydrogen (secondary N) is 1. The minimum Gasteiger partial charge on any atom is -0.383 e. The van der Waals surface area contributed by atoms with Crippen LogP contribution in [0, 0.1) is 25.7 Å². The summed E-state index contributed by atoms with van der Waals surface area (Å²) in [6.45, 7) is 3.89. The highest BCUT2D eigenvalue weighted by molar-refractivity contribution is 7.91. The maximum Gasteiger partial charge on any atom is 0.416 e. The third-order valence-corrected chi connectivity index (χ3v) is 8.60. The van der Waals surface area contributed by atoms with Gasteiger partial charge in [0.15, 0.2) is 9.84 Å². The number of hydrogen-bond acceptors (Lipinski definition) is 9. The molecule has 0 atom stereocenters. The summed E-state index contributed by atoms with van der Waals surface area (Å²) in [6.07, 6.45) is -0.467. The van der Waals surface area contributed by atoms with E-state index in [4.69, 9.17) is 5.73 Å². The molecule has 14 heteroatoms. The number of hydrogen-bond donors (Lipinski definition) is 2. The van der Waals surface area contributed by atoms with Gasteiger partial charge in [-0.25, -0.2) is 23.4 Å². The van der Waals surface area contributed by atoms with E-state index in [0.717, 1.165) is 11.8 Å². The monoisotopic (exact) mass is 609 g/mol. The zero-order chi connectivity index (χ0) is 30.9. The molecule has 3 aromatic heterocycles. The Morgan fingerprint density at radius 2 is 1.77 bits per heavy atom. The molecular weight excluding hydrogens is 583 g/mol. The molecule has 0 unspecified atom stereocenters. The van der Waals surface area contributed by atoms with Crippen molar-refractivity contribution in [3.8, 4) is 11.8 Å². The predicted octanol–water partition coefficient (Wildman–Crippen LogP) is 3.52. The van der Waals surface area contributed by atoms with Crippen LogP contribution < -0.4 is 11.1 Å². The average molecular weight is 610 g/mol. The molecule has 0 bridgehead atoms. The highest BCUT2D eigenvalue weighted by Crippen LogP contribution is 2.35. The number of aromatic nitrogens is 4. The lowest BCUT2D eigenvalue weighted by molar-refractivity contribution is -0.138. The van der Waals surface area contributed by atoms with Crippen LogP contribution in [0.3, 0.4) is 0 Å². The molecule has 43 heavy (non-hydrogen) atoms. The number of anilines is 2. The second-order valence-corrected chi connectivity index (χ2v) is 12.4. The van der Waals surface area contributed by atoms with Gasteiger partial charge in [-0.3, -0.25) is 14.7 Å². The largest absolute Gasteiger partial charge is 0.416 e. The van der Waals surface area contributed by atoms with Crippen LogP contribution in [-0.2, 0) is 22.6 Å². The zero-order valence-corrected chi connectivity index (χ0v) is 24.0. The van der Waals surface area contributed by atoms with Crippen molar-refractivity contribution >= 4 is 38.3 Å². The van der Waals surface area contributed by atoms with Crippen molar-refractivity contribution in [1.82, 2.24) is 24.8 Å². The lowest BCUT2D eigenvalue weighted by Crippen LogP contribution is -2.40. The first-order valence-corrected chi connectivity index (χ1v) is 14.9. The molecule has 4 heterocycles. The first kappa shape index (κ1) is 29.9. The Labute approximate surface area is 245 Å². The fraction of sp³-hybridized carbons (Fsp3) is 0.276. The molecule has 1 aliphatic rings. The maximum absolute atomic E-state index is 13.9. The quantitative estimate of drug-likeness (QED) is 0.332. The van der Waals surface area contributed by atoms with Crippen molar-refractivity contribution < 1.29 is 26.4 Å². The molecule has 0 aliphatic carbocycles. The van der Waals surface area contributed by atoms with Crippen LogP contribution in [-0.4, -0.2) is 63.8 Å². The van der Waals surface area contributed by atoms with Crippen molar-refractivity contribution in [2.24, 2.45) is 0 Å². The van der Waals surface area contributed by atoms with Crippen molar-refractivity contribution in [1.29, 1.82) is 0 Å². The number of sulfone groups is 1. The number of rotatable bonds is 4. The van der Waals surface area contributed by atoms with Crippen LogP contribution in [0.25, 0.3) is 11.0 Å². The summed E-state index contributed by atoms with van der Waals surface area (Å²) in [5.74, 6) is 5.11. The summed E-state index contributed by atoms with van der Waals surface area (Å²) in [5.41, 5.74) is 8.35. The van der Waals surface area contributed by atoms with Gasteiger partial charge in [0, 0.05) is 43.3 Å². The topological polar surface area (TPSA) is 144 Å². The van der Waals surface area contributed by atoms with Crippen molar-refractivity contribution in [3.63, 3.8) is 0 Å². The first-order valence-electron chi connectivity index (χ1n) is 13.1. The van der Waals surface area contributed by atoms with E-state index in [-0.39, 0.29) is 53.8 Å². The predicted molar refractivity (Wildman–Crippen MR) is 155 cm³/mol. The first-order chi connectivity index (χ1) is 20.3. The summed E-state index contributed by atoms with van der Waals surface area (Å²) in [7, 11) is -3.17. The lowest BCUT2D eigenvalue weighted by Gasteiger charge is -2.27. The summed E-state index contributed by atoms with van der Waals surface area (Å²) >= 11 is 0. The molecule has 0 radical (unpaired) electrons. The van der Waals surface area contributed by atoms with Crippen LogP contribution >= 0.6 is 0 Å². The number of nitrogens with zero attached hydrogens (tertiary/aromatic N) is 5. The molecule has 0 spiro atoms. The molecule has 3 N–H and O–H groups in total. The molecule has 1 aliphatic heterocycles. The summed E-state index contributed by atoms with van der Waals surface area (Å²) in [4.78, 5) is 31.8. The van der Waals surface area contributed by atoms with Crippen LogP contribution in [0.4, 0.5) is 24.7 Å². The Hall–Kier alpha value is -4.61. The van der Waals surface area contributed by atoms with E-state index < -0.39 is 27.5 Å². The van der Waals surface area contributed by atoms with E-state index in [1.807, 2.05) is 13.8 Å². The number of nitrogen functional groups attached to an aromatic ring is 1. The molecule has 0 saturated carbocycles. The van der Waals surface area contributed by atoms with Gasteiger partial charge in [-0.2, -0.15) is 13.2 Å². The third-order valence-electron chi connectivity index (χ3n) is 6.99. The number of carbonyl (C=O) groups is 1. The molecule has 1 aromatic carbocycles. The number of halogens is 3. The molecular formula is C29H26F3N7O3S. The van der Waals surface area contributed by atoms with E-state index in [2.05, 4.69) is 37.1 Å². The second-order valence-electron chi connectivity index (χ2n) is 10.1. The van der Waals surface area contributed by atoms with E-state index in [0.29, 0.717) is 27.9 Å². The Morgan fingerprint density at radius 1 is 1.05 bits per heavy atom. The Morgan fingerprint density at radius 3 is 2.49 bits per heavy atom. The standard InChI is InChI=1S/C29H26F3N7O3S/c1-17-18(2)37-26-23(27(33)35-15-25(26)36-17)6-3-19-11-21(14-34-13-19)28(40)38-22-5-4-20(24(12-22)29(30,31)32)16-39-7-9-43(41,42)10-8-39/h4-5,11-15H,7-10,16H2,1-2H3,(H2,33,35)(H,38,40). The van der Waals surface area contributed by atoms with Gasteiger partial charge in [-0.05, 0) is 37.6 Å². The van der Waals surface area contributed by atoms with E-state index in [9.17, 15) is 26.4 Å². The van der Waals surface area contributed by atoms with Crippen LogP contribution in [0.2, 0.25) is 0 Å². The van der Waals surface area contributed by atoms with Crippen molar-refractivity contribution in [2.45, 2.75) is 26.6 Å². The number of carbonyl (C=O) groups excluding carboxylic acids is 1. The van der Waals surface area contributed by atoms with Gasteiger partial charge < -0.3 is 11.1 Å². The Bertz CT molecular complexity index is 1900. The van der Waals surface area contributed by atoms with Crippen molar-refractivity contribution in [3.05, 3.63) is 82.1 Å². The maximum atomic E-state index is 13.9. The molecule has 222 valence electrons. The summed E-state index contributed by atoms with van der Waals surface area (Å²) < 4.78 is 65.2. The Balaban J connectivity index is 1.36. The highest BCUT2D eigenvalue weighted by Gasteiger charge is 2.34. The van der Waals surface area contributed by atoms with Gasteiger partial charge in [0.2, 0.25) is 0 Å². The third kappa shape index (κ3) is 6.90.